The van der Waals surface area contributed by atoms with Gasteiger partial charge in [0.15, 0.2) is 0 Å². The number of amides is 1. The van der Waals surface area contributed by atoms with Crippen molar-refractivity contribution in [3.63, 3.8) is 0 Å². The van der Waals surface area contributed by atoms with E-state index >= 15 is 0 Å². The van der Waals surface area contributed by atoms with Crippen molar-refractivity contribution in [1.29, 1.82) is 0 Å². The van der Waals surface area contributed by atoms with Crippen molar-refractivity contribution in [3.8, 4) is 0 Å². The Hall–Kier alpha value is -1.44. The maximum absolute atomic E-state index is 12.6. The van der Waals surface area contributed by atoms with Crippen LogP contribution in [0.1, 0.15) is 44.7 Å². The van der Waals surface area contributed by atoms with E-state index in [1.165, 1.54) is 25.0 Å². The minimum atomic E-state index is -3.70. The third-order valence-corrected chi connectivity index (χ3v) is 6.23. The van der Waals surface area contributed by atoms with Gasteiger partial charge in [-0.2, -0.15) is 0 Å². The van der Waals surface area contributed by atoms with Crippen LogP contribution in [-0.4, -0.2) is 39.4 Å². The fraction of sp³-hybridized carbons (Fsp3) is 0.611. The number of hydrogen-bond acceptors (Lipinski definition) is 4. The first-order valence-electron chi connectivity index (χ1n) is 8.79. The number of hydrogen-bond donors (Lipinski definition) is 2. The van der Waals surface area contributed by atoms with Gasteiger partial charge in [0.1, 0.15) is 0 Å². The van der Waals surface area contributed by atoms with Gasteiger partial charge >= 0.3 is 0 Å². The van der Waals surface area contributed by atoms with Gasteiger partial charge in [0, 0.05) is 13.5 Å². The molecule has 1 saturated heterocycles. The predicted octanol–water partition coefficient (Wildman–Crippen LogP) is 1.88. The molecule has 0 aliphatic carbocycles. The molecule has 25 heavy (non-hydrogen) atoms. The minimum Gasteiger partial charge on any atom is -0.339 e. The van der Waals surface area contributed by atoms with E-state index < -0.39 is 10.0 Å². The van der Waals surface area contributed by atoms with Gasteiger partial charge in [-0.1, -0.05) is 19.1 Å². The van der Waals surface area contributed by atoms with Gasteiger partial charge in [-0.05, 0) is 62.4 Å². The lowest BCUT2D eigenvalue weighted by Crippen LogP contribution is -2.36. The van der Waals surface area contributed by atoms with Crippen molar-refractivity contribution < 1.29 is 13.2 Å². The van der Waals surface area contributed by atoms with E-state index in [1.54, 1.807) is 24.1 Å². The van der Waals surface area contributed by atoms with Gasteiger partial charge in [0.25, 0.3) is 0 Å². The molecular weight excluding hydrogens is 338 g/mol. The zero-order valence-electron chi connectivity index (χ0n) is 15.2. The lowest BCUT2D eigenvalue weighted by atomic mass is 9.85. The molecule has 1 amide bonds. The van der Waals surface area contributed by atoms with Crippen LogP contribution < -0.4 is 10.5 Å². The fourth-order valence-electron chi connectivity index (χ4n) is 3.33. The second kappa shape index (κ2) is 8.29. The molecule has 1 aliphatic rings. The van der Waals surface area contributed by atoms with E-state index in [-0.39, 0.29) is 16.8 Å². The molecule has 0 spiro atoms. The van der Waals surface area contributed by atoms with Crippen LogP contribution in [0.15, 0.2) is 29.2 Å². The number of benzene rings is 1. The number of sulfonamides is 1. The Labute approximate surface area is 150 Å². The standard InChI is InChI=1S/C18H29N3O3S/c1-13(16-5-4-10-20-12-16)11-18(22)21(3)14(2)15-6-8-17(9-7-15)25(19,23)24/h6-9,13-14,16,20H,4-5,10-12H2,1-3H3,(H2,19,23,24). The SMILES string of the molecule is CC(CC(=O)N(C)C(C)c1ccc(S(N)(=O)=O)cc1)C1CCCNC1. The van der Waals surface area contributed by atoms with E-state index in [0.717, 1.165) is 18.7 Å². The lowest BCUT2D eigenvalue weighted by Gasteiger charge is -2.31. The molecule has 1 heterocycles. The van der Waals surface area contributed by atoms with Gasteiger partial charge in [0.2, 0.25) is 15.9 Å². The minimum absolute atomic E-state index is 0.0795. The van der Waals surface area contributed by atoms with E-state index in [2.05, 4.69) is 12.2 Å². The number of primary sulfonamides is 1. The summed E-state index contributed by atoms with van der Waals surface area (Å²) in [5.74, 6) is 1.01. The van der Waals surface area contributed by atoms with Crippen molar-refractivity contribution in [3.05, 3.63) is 29.8 Å². The smallest absolute Gasteiger partial charge is 0.238 e. The first-order chi connectivity index (χ1) is 11.7. The zero-order valence-corrected chi connectivity index (χ0v) is 16.1. The molecule has 1 aliphatic heterocycles. The van der Waals surface area contributed by atoms with Crippen molar-refractivity contribution in [2.24, 2.45) is 17.0 Å². The number of piperidine rings is 1. The summed E-state index contributed by atoms with van der Waals surface area (Å²) in [6, 6.07) is 6.26. The Morgan fingerprint density at radius 3 is 2.48 bits per heavy atom. The van der Waals surface area contributed by atoms with Gasteiger partial charge in [-0.3, -0.25) is 4.79 Å². The van der Waals surface area contributed by atoms with E-state index in [1.807, 2.05) is 6.92 Å². The lowest BCUT2D eigenvalue weighted by molar-refractivity contribution is -0.133. The molecule has 0 bridgehead atoms. The van der Waals surface area contributed by atoms with Crippen molar-refractivity contribution >= 4 is 15.9 Å². The number of carbonyl (C=O) groups is 1. The highest BCUT2D eigenvalue weighted by Crippen LogP contribution is 2.26. The third kappa shape index (κ3) is 5.26. The Bertz CT molecular complexity index is 682. The molecule has 0 saturated carbocycles. The van der Waals surface area contributed by atoms with Gasteiger partial charge in [0.05, 0.1) is 10.9 Å². The van der Waals surface area contributed by atoms with Crippen molar-refractivity contribution in [1.82, 2.24) is 10.2 Å². The highest BCUT2D eigenvalue weighted by atomic mass is 32.2. The Morgan fingerprint density at radius 1 is 1.32 bits per heavy atom. The molecule has 3 unspecified atom stereocenters. The van der Waals surface area contributed by atoms with Crippen LogP contribution in [0, 0.1) is 11.8 Å². The van der Waals surface area contributed by atoms with Gasteiger partial charge in [-0.15, -0.1) is 0 Å². The molecule has 6 nitrogen and oxygen atoms in total. The number of rotatable bonds is 6. The molecule has 1 aromatic rings. The molecule has 7 heteroatoms. The number of carbonyl (C=O) groups excluding carboxylic acids is 1. The van der Waals surface area contributed by atoms with Crippen LogP contribution in [0.25, 0.3) is 0 Å². The van der Waals surface area contributed by atoms with E-state index in [0.29, 0.717) is 18.3 Å². The molecule has 3 N–H and O–H groups in total. The predicted molar refractivity (Wildman–Crippen MR) is 98.4 cm³/mol. The molecular formula is C18H29N3O3S. The van der Waals surface area contributed by atoms with Crippen molar-refractivity contribution in [2.45, 2.75) is 44.0 Å². The van der Waals surface area contributed by atoms with Crippen molar-refractivity contribution in [2.75, 3.05) is 20.1 Å². The van der Waals surface area contributed by atoms with E-state index in [4.69, 9.17) is 5.14 Å². The highest BCUT2D eigenvalue weighted by molar-refractivity contribution is 7.89. The summed E-state index contributed by atoms with van der Waals surface area (Å²) in [6.07, 6.45) is 2.88. The first-order valence-corrected chi connectivity index (χ1v) is 10.3. The fourth-order valence-corrected chi connectivity index (χ4v) is 3.84. The normalized spacial score (nSPS) is 20.7. The zero-order chi connectivity index (χ0) is 18.6. The number of nitrogens with two attached hydrogens (primary N) is 1. The van der Waals surface area contributed by atoms with Crippen LogP contribution in [0.4, 0.5) is 0 Å². The summed E-state index contributed by atoms with van der Waals surface area (Å²) in [5.41, 5.74) is 0.884. The quantitative estimate of drug-likeness (QED) is 0.803. The van der Waals surface area contributed by atoms with Crippen LogP contribution in [0.2, 0.25) is 0 Å². The highest BCUT2D eigenvalue weighted by Gasteiger charge is 2.25. The maximum Gasteiger partial charge on any atom is 0.238 e. The van der Waals surface area contributed by atoms with E-state index in [9.17, 15) is 13.2 Å². The summed E-state index contributed by atoms with van der Waals surface area (Å²) < 4.78 is 22.7. The molecule has 0 radical (unpaired) electrons. The van der Waals surface area contributed by atoms with Crippen LogP contribution in [0.5, 0.6) is 0 Å². The Kier molecular flexibility index (Phi) is 6.59. The molecule has 1 aromatic carbocycles. The summed E-state index contributed by atoms with van der Waals surface area (Å²) in [5, 5.41) is 8.52. The second-order valence-electron chi connectivity index (χ2n) is 7.08. The third-order valence-electron chi connectivity index (χ3n) is 5.30. The summed E-state index contributed by atoms with van der Waals surface area (Å²) >= 11 is 0. The van der Waals surface area contributed by atoms with Crippen LogP contribution in [0.3, 0.4) is 0 Å². The average Bonchev–Trinajstić information content (AvgIpc) is 2.60. The monoisotopic (exact) mass is 367 g/mol. The summed E-state index contributed by atoms with van der Waals surface area (Å²) in [6.45, 7) is 6.15. The summed E-state index contributed by atoms with van der Waals surface area (Å²) in [7, 11) is -1.90. The Morgan fingerprint density at radius 2 is 1.96 bits per heavy atom. The molecule has 1 fully saturated rings. The molecule has 3 atom stereocenters. The number of nitrogens with one attached hydrogen (secondary N) is 1. The second-order valence-corrected chi connectivity index (χ2v) is 8.64. The molecule has 140 valence electrons. The summed E-state index contributed by atoms with van der Waals surface area (Å²) in [4.78, 5) is 14.4. The number of nitrogens with zero attached hydrogens (tertiary/aromatic N) is 1. The first kappa shape index (κ1) is 19.9. The maximum atomic E-state index is 12.6. The van der Waals surface area contributed by atoms with Gasteiger partial charge < -0.3 is 10.2 Å². The van der Waals surface area contributed by atoms with Crippen LogP contribution >= 0.6 is 0 Å². The molecule has 0 aromatic heterocycles. The molecule has 2 rings (SSSR count). The largest absolute Gasteiger partial charge is 0.339 e. The topological polar surface area (TPSA) is 92.5 Å². The van der Waals surface area contributed by atoms with Crippen LogP contribution in [-0.2, 0) is 14.8 Å². The average molecular weight is 368 g/mol. The van der Waals surface area contributed by atoms with Gasteiger partial charge in [-0.25, -0.2) is 13.6 Å². The Balaban J connectivity index is 1.98.